The van der Waals surface area contributed by atoms with Gasteiger partial charge in [0, 0.05) is 37.7 Å². The van der Waals surface area contributed by atoms with E-state index in [1.807, 2.05) is 41.3 Å². The summed E-state index contributed by atoms with van der Waals surface area (Å²) < 4.78 is 1.81. The minimum atomic E-state index is 0.000866. The van der Waals surface area contributed by atoms with Crippen LogP contribution in [0, 0.1) is 5.92 Å². The molecule has 1 saturated heterocycles. The van der Waals surface area contributed by atoms with Gasteiger partial charge in [-0.2, -0.15) is 5.10 Å². The largest absolute Gasteiger partial charge is 0.309 e. The molecule has 6 heteroatoms. The number of nitrogens with zero attached hydrogens (tertiary/aromatic N) is 4. The Morgan fingerprint density at radius 2 is 1.93 bits per heavy atom. The third-order valence-corrected chi connectivity index (χ3v) is 5.08. The average Bonchev–Trinajstić information content (AvgIpc) is 3.16. The highest BCUT2D eigenvalue weighted by molar-refractivity contribution is 5.91. The van der Waals surface area contributed by atoms with Gasteiger partial charge in [0.15, 0.2) is 5.82 Å². The molecule has 1 atom stereocenters. The molecule has 1 N–H and O–H groups in total. The molecule has 28 heavy (non-hydrogen) atoms. The van der Waals surface area contributed by atoms with Crippen molar-refractivity contribution in [3.05, 3.63) is 78.2 Å². The molecule has 1 amide bonds. The zero-order chi connectivity index (χ0) is 19.2. The monoisotopic (exact) mass is 375 g/mol. The maximum absolute atomic E-state index is 12.7. The van der Waals surface area contributed by atoms with E-state index in [1.165, 1.54) is 5.56 Å². The van der Waals surface area contributed by atoms with Crippen LogP contribution in [0.2, 0.25) is 0 Å². The van der Waals surface area contributed by atoms with Crippen LogP contribution < -0.4 is 5.32 Å². The van der Waals surface area contributed by atoms with Crippen molar-refractivity contribution in [2.24, 2.45) is 5.92 Å². The fourth-order valence-corrected chi connectivity index (χ4v) is 3.68. The van der Waals surface area contributed by atoms with E-state index in [0.29, 0.717) is 12.4 Å². The van der Waals surface area contributed by atoms with Crippen molar-refractivity contribution >= 4 is 11.7 Å². The normalized spacial score (nSPS) is 17.4. The second-order valence-corrected chi connectivity index (χ2v) is 7.31. The van der Waals surface area contributed by atoms with Gasteiger partial charge < -0.3 is 5.32 Å². The molecule has 1 fully saturated rings. The Bertz CT molecular complexity index is 894. The number of carbonyl (C=O) groups excluding carboxylic acids is 1. The van der Waals surface area contributed by atoms with Crippen LogP contribution in [-0.2, 0) is 17.9 Å². The molecule has 0 radical (unpaired) electrons. The second kappa shape index (κ2) is 8.80. The van der Waals surface area contributed by atoms with Crippen LogP contribution in [0.5, 0.6) is 0 Å². The van der Waals surface area contributed by atoms with Crippen LogP contribution in [0.4, 0.5) is 5.82 Å². The van der Waals surface area contributed by atoms with Crippen molar-refractivity contribution in [1.29, 1.82) is 0 Å². The summed E-state index contributed by atoms with van der Waals surface area (Å²) in [5, 5.41) is 7.46. The number of anilines is 1. The number of hydrogen-bond acceptors (Lipinski definition) is 4. The Morgan fingerprint density at radius 3 is 2.75 bits per heavy atom. The number of benzene rings is 1. The van der Waals surface area contributed by atoms with Crippen molar-refractivity contribution in [2.45, 2.75) is 25.9 Å². The third-order valence-electron chi connectivity index (χ3n) is 5.08. The topological polar surface area (TPSA) is 63.1 Å². The van der Waals surface area contributed by atoms with E-state index in [1.54, 1.807) is 6.20 Å². The number of pyridine rings is 1. The number of amides is 1. The summed E-state index contributed by atoms with van der Waals surface area (Å²) in [7, 11) is 0. The molecule has 1 aromatic carbocycles. The van der Waals surface area contributed by atoms with E-state index in [-0.39, 0.29) is 11.8 Å². The first-order valence-electron chi connectivity index (χ1n) is 9.76. The van der Waals surface area contributed by atoms with Crippen LogP contribution in [-0.4, -0.2) is 38.7 Å². The first-order chi connectivity index (χ1) is 13.8. The molecule has 1 aliphatic heterocycles. The van der Waals surface area contributed by atoms with Crippen molar-refractivity contribution < 1.29 is 4.79 Å². The van der Waals surface area contributed by atoms with Crippen molar-refractivity contribution in [2.75, 3.05) is 18.4 Å². The Balaban J connectivity index is 1.32. The summed E-state index contributed by atoms with van der Waals surface area (Å²) >= 11 is 0. The molecule has 144 valence electrons. The van der Waals surface area contributed by atoms with E-state index in [4.69, 9.17) is 0 Å². The molecule has 4 rings (SSSR count). The summed E-state index contributed by atoms with van der Waals surface area (Å²) in [6.07, 6.45) is 7.42. The molecule has 2 aromatic heterocycles. The second-order valence-electron chi connectivity index (χ2n) is 7.31. The number of piperidine rings is 1. The molecular formula is C22H25N5O. The highest BCUT2D eigenvalue weighted by atomic mass is 16.2. The van der Waals surface area contributed by atoms with Gasteiger partial charge in [0.25, 0.3) is 0 Å². The molecular weight excluding hydrogens is 350 g/mol. The Hall–Kier alpha value is -2.99. The predicted octanol–water partition coefficient (Wildman–Crippen LogP) is 3.18. The predicted molar refractivity (Wildman–Crippen MR) is 109 cm³/mol. The molecule has 0 bridgehead atoms. The fraction of sp³-hybridized carbons (Fsp3) is 0.318. The van der Waals surface area contributed by atoms with E-state index >= 15 is 0 Å². The molecule has 0 saturated carbocycles. The molecule has 1 unspecified atom stereocenters. The number of aromatic nitrogens is 3. The van der Waals surface area contributed by atoms with Crippen LogP contribution in [0.15, 0.2) is 67.1 Å². The maximum Gasteiger partial charge on any atom is 0.229 e. The average molecular weight is 375 g/mol. The van der Waals surface area contributed by atoms with Gasteiger partial charge in [0.05, 0.1) is 12.5 Å². The zero-order valence-corrected chi connectivity index (χ0v) is 15.9. The summed E-state index contributed by atoms with van der Waals surface area (Å²) in [5.74, 6) is 0.666. The van der Waals surface area contributed by atoms with Gasteiger partial charge in [-0.3, -0.25) is 19.4 Å². The Morgan fingerprint density at radius 1 is 1.07 bits per heavy atom. The minimum Gasteiger partial charge on any atom is -0.309 e. The number of nitrogens with one attached hydrogen (secondary N) is 1. The van der Waals surface area contributed by atoms with Gasteiger partial charge in [-0.05, 0) is 36.6 Å². The summed E-state index contributed by atoms with van der Waals surface area (Å²) in [5.41, 5.74) is 2.37. The SMILES string of the molecule is O=C(Nc1ccn(Cc2cccnc2)n1)C1CCCN(Cc2ccccc2)C1. The van der Waals surface area contributed by atoms with Crippen LogP contribution in [0.25, 0.3) is 0 Å². The molecule has 0 aliphatic carbocycles. The molecule has 6 nitrogen and oxygen atoms in total. The Kier molecular flexibility index (Phi) is 5.77. The van der Waals surface area contributed by atoms with E-state index in [9.17, 15) is 4.79 Å². The third kappa shape index (κ3) is 4.84. The molecule has 3 aromatic rings. The minimum absolute atomic E-state index is 0.000866. The van der Waals surface area contributed by atoms with Crippen molar-refractivity contribution in [3.63, 3.8) is 0 Å². The zero-order valence-electron chi connectivity index (χ0n) is 15.9. The lowest BCUT2D eigenvalue weighted by Gasteiger charge is -2.31. The smallest absolute Gasteiger partial charge is 0.229 e. The standard InChI is InChI=1S/C22H25N5O/c28-22(20-9-5-12-26(17-20)15-18-6-2-1-3-7-18)24-21-10-13-27(25-21)16-19-8-4-11-23-14-19/h1-4,6-8,10-11,13-14,20H,5,9,12,15-17H2,(H,24,25,28). The lowest BCUT2D eigenvalue weighted by Crippen LogP contribution is -2.40. The highest BCUT2D eigenvalue weighted by Gasteiger charge is 2.26. The fourth-order valence-electron chi connectivity index (χ4n) is 3.68. The lowest BCUT2D eigenvalue weighted by molar-refractivity contribution is -0.121. The van der Waals surface area contributed by atoms with Gasteiger partial charge in [-0.25, -0.2) is 0 Å². The number of hydrogen-bond donors (Lipinski definition) is 1. The van der Waals surface area contributed by atoms with Gasteiger partial charge >= 0.3 is 0 Å². The summed E-state index contributed by atoms with van der Waals surface area (Å²) in [6, 6.07) is 16.2. The highest BCUT2D eigenvalue weighted by Crippen LogP contribution is 2.20. The first-order valence-corrected chi connectivity index (χ1v) is 9.76. The van der Waals surface area contributed by atoms with Gasteiger partial charge in [0.2, 0.25) is 5.91 Å². The van der Waals surface area contributed by atoms with E-state index in [0.717, 1.165) is 38.0 Å². The quantitative estimate of drug-likeness (QED) is 0.719. The van der Waals surface area contributed by atoms with Crippen LogP contribution in [0.3, 0.4) is 0 Å². The number of carbonyl (C=O) groups is 1. The number of rotatable bonds is 6. The lowest BCUT2D eigenvalue weighted by atomic mass is 9.96. The summed E-state index contributed by atoms with van der Waals surface area (Å²) in [6.45, 7) is 3.36. The van der Waals surface area contributed by atoms with Gasteiger partial charge in [0.1, 0.15) is 0 Å². The van der Waals surface area contributed by atoms with Crippen molar-refractivity contribution in [1.82, 2.24) is 19.7 Å². The first kappa shape index (κ1) is 18.4. The van der Waals surface area contributed by atoms with Crippen LogP contribution >= 0.6 is 0 Å². The Labute approximate surface area is 165 Å². The van der Waals surface area contributed by atoms with Gasteiger partial charge in [-0.15, -0.1) is 0 Å². The molecule has 3 heterocycles. The van der Waals surface area contributed by atoms with Crippen molar-refractivity contribution in [3.8, 4) is 0 Å². The van der Waals surface area contributed by atoms with E-state index in [2.05, 4.69) is 44.6 Å². The number of likely N-dealkylation sites (tertiary alicyclic amines) is 1. The molecule has 1 aliphatic rings. The van der Waals surface area contributed by atoms with E-state index < -0.39 is 0 Å². The summed E-state index contributed by atoms with van der Waals surface area (Å²) in [4.78, 5) is 19.2. The van der Waals surface area contributed by atoms with Gasteiger partial charge in [-0.1, -0.05) is 36.4 Å². The van der Waals surface area contributed by atoms with Crippen LogP contribution in [0.1, 0.15) is 24.0 Å². The maximum atomic E-state index is 12.7. The molecule has 0 spiro atoms.